The van der Waals surface area contributed by atoms with Crippen LogP contribution in [0.4, 0.5) is 0 Å². The minimum absolute atomic E-state index is 0.426. The van der Waals surface area contributed by atoms with E-state index in [1.807, 2.05) is 0 Å². The highest BCUT2D eigenvalue weighted by atomic mass is 16.6. The monoisotopic (exact) mass is 333 g/mol. The lowest BCUT2D eigenvalue weighted by atomic mass is 10.1. The van der Waals surface area contributed by atoms with E-state index in [9.17, 15) is 20.4 Å². The Morgan fingerprint density at radius 1 is 0.870 bits per heavy atom. The second-order valence-corrected chi connectivity index (χ2v) is 5.77. The molecule has 10 heteroatoms. The van der Waals surface area contributed by atoms with Gasteiger partial charge in [-0.25, -0.2) is 9.13 Å². The Bertz CT molecular complexity index is 495. The average Bonchev–Trinajstić information content (AvgIpc) is 3.20. The molecule has 0 radical (unpaired) electrons. The summed E-state index contributed by atoms with van der Waals surface area (Å²) >= 11 is 0. The third kappa shape index (κ3) is 2.77. The molecular weight excluding hydrogens is 312 g/mol. The summed E-state index contributed by atoms with van der Waals surface area (Å²) in [5, 5.41) is 57.7. The fourth-order valence-electron chi connectivity index (χ4n) is 2.94. The van der Waals surface area contributed by atoms with E-state index in [1.54, 1.807) is 0 Å². The number of aliphatic hydroxyl groups excluding tert-OH is 6. The predicted octanol–water partition coefficient (Wildman–Crippen LogP) is -4.00. The molecule has 0 spiro atoms. The van der Waals surface area contributed by atoms with Crippen LogP contribution >= 0.6 is 0 Å². The number of aromatic nitrogens is 2. The molecule has 0 aliphatic carbocycles. The third-order valence-corrected chi connectivity index (χ3v) is 4.30. The summed E-state index contributed by atoms with van der Waals surface area (Å²) in [6.45, 7) is -0.852. The van der Waals surface area contributed by atoms with Crippen LogP contribution in [0.3, 0.4) is 0 Å². The van der Waals surface area contributed by atoms with Crippen LogP contribution < -0.4 is 4.57 Å². The molecule has 130 valence electrons. The Kier molecular flexibility index (Phi) is 4.67. The smallest absolute Gasteiger partial charge is 0.248 e. The van der Waals surface area contributed by atoms with Crippen molar-refractivity contribution in [1.29, 1.82) is 0 Å². The van der Waals surface area contributed by atoms with E-state index in [4.69, 9.17) is 19.7 Å². The lowest BCUT2D eigenvalue weighted by molar-refractivity contribution is -0.765. The Morgan fingerprint density at radius 2 is 1.48 bits per heavy atom. The van der Waals surface area contributed by atoms with Gasteiger partial charge in [0.15, 0.2) is 0 Å². The zero-order valence-corrected chi connectivity index (χ0v) is 12.2. The van der Waals surface area contributed by atoms with Gasteiger partial charge in [-0.05, 0) is 0 Å². The van der Waals surface area contributed by atoms with E-state index in [-0.39, 0.29) is 0 Å². The van der Waals surface area contributed by atoms with Crippen LogP contribution in [0, 0.1) is 0 Å². The zero-order valence-electron chi connectivity index (χ0n) is 12.2. The van der Waals surface area contributed by atoms with E-state index < -0.39 is 62.3 Å². The van der Waals surface area contributed by atoms with Crippen LogP contribution in [0.15, 0.2) is 18.7 Å². The molecule has 3 heterocycles. The summed E-state index contributed by atoms with van der Waals surface area (Å²) in [7, 11) is 0. The molecule has 23 heavy (non-hydrogen) atoms. The lowest BCUT2D eigenvalue weighted by Gasteiger charge is -2.12. The number of hydrogen-bond donors (Lipinski definition) is 6. The summed E-state index contributed by atoms with van der Waals surface area (Å²) in [5.74, 6) is 0. The standard InChI is InChI=1S/C13H21N2O8/c16-3-6-8(18)10(20)12(22-6)14-1-2-15(5-14)13-11(21)9(19)7(4-17)23-13/h1-2,5-13,16-21H,3-4H2/q+1/t6-,7-,8-,9-,10-,11-,12-,13-/m1/s1. The van der Waals surface area contributed by atoms with Crippen molar-refractivity contribution in [2.45, 2.75) is 49.1 Å². The molecule has 10 nitrogen and oxygen atoms in total. The van der Waals surface area contributed by atoms with Gasteiger partial charge in [0.2, 0.25) is 18.8 Å². The Balaban J connectivity index is 1.77. The molecule has 2 aliphatic heterocycles. The maximum atomic E-state index is 9.99. The first-order chi connectivity index (χ1) is 11.0. The van der Waals surface area contributed by atoms with Gasteiger partial charge in [0, 0.05) is 0 Å². The summed E-state index contributed by atoms with van der Waals surface area (Å²) < 4.78 is 13.7. The lowest BCUT2D eigenvalue weighted by Crippen LogP contribution is -2.45. The summed E-state index contributed by atoms with van der Waals surface area (Å²) in [6.07, 6.45) is -3.91. The molecule has 0 saturated carbocycles. The van der Waals surface area contributed by atoms with Crippen molar-refractivity contribution in [2.24, 2.45) is 0 Å². The minimum atomic E-state index is -1.22. The largest absolute Gasteiger partial charge is 0.394 e. The molecule has 1 aromatic rings. The van der Waals surface area contributed by atoms with E-state index >= 15 is 0 Å². The van der Waals surface area contributed by atoms with Gasteiger partial charge in [-0.2, -0.15) is 0 Å². The summed E-state index contributed by atoms with van der Waals surface area (Å²) in [5.41, 5.74) is 0. The summed E-state index contributed by atoms with van der Waals surface area (Å²) in [4.78, 5) is 0. The number of imidazole rings is 1. The number of ether oxygens (including phenoxy) is 2. The van der Waals surface area contributed by atoms with E-state index in [0.29, 0.717) is 0 Å². The fourth-order valence-corrected chi connectivity index (χ4v) is 2.94. The molecular formula is C13H21N2O8+. The van der Waals surface area contributed by atoms with Crippen molar-refractivity contribution in [3.8, 4) is 0 Å². The first-order valence-electron chi connectivity index (χ1n) is 7.31. The van der Waals surface area contributed by atoms with Crippen LogP contribution in [0.1, 0.15) is 12.5 Å². The van der Waals surface area contributed by atoms with E-state index in [1.165, 1.54) is 27.9 Å². The second-order valence-electron chi connectivity index (χ2n) is 5.77. The third-order valence-electron chi connectivity index (χ3n) is 4.30. The normalized spacial score (nSPS) is 44.1. The van der Waals surface area contributed by atoms with Crippen LogP contribution in [0.25, 0.3) is 0 Å². The Labute approximate surface area is 131 Å². The van der Waals surface area contributed by atoms with Crippen molar-refractivity contribution in [3.63, 3.8) is 0 Å². The van der Waals surface area contributed by atoms with E-state index in [2.05, 4.69) is 0 Å². The van der Waals surface area contributed by atoms with E-state index in [0.717, 1.165) is 0 Å². The number of nitrogens with zero attached hydrogens (tertiary/aromatic N) is 2. The van der Waals surface area contributed by atoms with Crippen molar-refractivity contribution < 1.29 is 44.7 Å². The number of hydrogen-bond acceptors (Lipinski definition) is 8. The van der Waals surface area contributed by atoms with Crippen LogP contribution in [0.2, 0.25) is 0 Å². The average molecular weight is 333 g/mol. The van der Waals surface area contributed by atoms with Crippen LogP contribution in [-0.4, -0.2) is 85.0 Å². The molecule has 0 unspecified atom stereocenters. The van der Waals surface area contributed by atoms with Crippen molar-refractivity contribution >= 4 is 0 Å². The molecule has 0 aromatic carbocycles. The predicted molar refractivity (Wildman–Crippen MR) is 70.6 cm³/mol. The molecule has 3 rings (SSSR count). The zero-order chi connectivity index (χ0) is 16.7. The van der Waals surface area contributed by atoms with Gasteiger partial charge in [0.05, 0.1) is 13.2 Å². The molecule has 0 bridgehead atoms. The molecule has 6 N–H and O–H groups in total. The van der Waals surface area contributed by atoms with Gasteiger partial charge in [0.25, 0.3) is 0 Å². The molecule has 1 aromatic heterocycles. The highest BCUT2D eigenvalue weighted by molar-refractivity contribution is 4.90. The highest BCUT2D eigenvalue weighted by Crippen LogP contribution is 2.29. The van der Waals surface area contributed by atoms with Gasteiger partial charge in [-0.15, -0.1) is 0 Å². The topological polar surface area (TPSA) is 149 Å². The Hall–Kier alpha value is -1.11. The first-order valence-corrected chi connectivity index (χ1v) is 7.31. The summed E-state index contributed by atoms with van der Waals surface area (Å²) in [6, 6.07) is 0. The minimum Gasteiger partial charge on any atom is -0.394 e. The van der Waals surface area contributed by atoms with Crippen LogP contribution in [-0.2, 0) is 9.47 Å². The quantitative estimate of drug-likeness (QED) is 0.305. The Morgan fingerprint density at radius 3 is 2.04 bits per heavy atom. The van der Waals surface area contributed by atoms with Gasteiger partial charge < -0.3 is 40.1 Å². The number of rotatable bonds is 4. The first kappa shape index (κ1) is 16.7. The molecule has 0 amide bonds. The highest BCUT2D eigenvalue weighted by Gasteiger charge is 2.48. The maximum Gasteiger partial charge on any atom is 0.248 e. The fraction of sp³-hybridized carbons (Fsp3) is 0.769. The molecule has 2 aliphatic rings. The SMILES string of the molecule is OC[C@H]1O[C@@H](n2cc[n+]([C@@H]3O[C@H](CO)[C@@H](O)[C@H]3O)c2)[C@H](O)[C@@H]1O. The molecule has 8 atom stereocenters. The van der Waals surface area contributed by atoms with Gasteiger partial charge in [-0.3, -0.25) is 0 Å². The molecule has 2 fully saturated rings. The molecule has 2 saturated heterocycles. The van der Waals surface area contributed by atoms with Crippen molar-refractivity contribution in [2.75, 3.05) is 13.2 Å². The maximum absolute atomic E-state index is 9.99. The number of aliphatic hydroxyl groups is 6. The van der Waals surface area contributed by atoms with Crippen molar-refractivity contribution in [3.05, 3.63) is 18.7 Å². The second kappa shape index (κ2) is 6.42. The van der Waals surface area contributed by atoms with Crippen molar-refractivity contribution in [1.82, 2.24) is 4.57 Å². The van der Waals surface area contributed by atoms with Gasteiger partial charge >= 0.3 is 0 Å². The van der Waals surface area contributed by atoms with Crippen LogP contribution in [0.5, 0.6) is 0 Å². The van der Waals surface area contributed by atoms with Gasteiger partial charge in [0.1, 0.15) is 49.0 Å². The van der Waals surface area contributed by atoms with Gasteiger partial charge in [-0.1, -0.05) is 0 Å².